The van der Waals surface area contributed by atoms with E-state index in [2.05, 4.69) is 24.4 Å². The molecule has 1 aromatic carbocycles. The lowest BCUT2D eigenvalue weighted by atomic mass is 9.95. The molecule has 0 aliphatic carbocycles. The first kappa shape index (κ1) is 14.5. The second kappa shape index (κ2) is 5.63. The van der Waals surface area contributed by atoms with E-state index in [-0.39, 0.29) is 17.3 Å². The predicted molar refractivity (Wildman–Crippen MR) is 78.9 cm³/mol. The quantitative estimate of drug-likeness (QED) is 0.902. The largest absolute Gasteiger partial charge is 0.304 e. The van der Waals surface area contributed by atoms with Crippen LogP contribution in [0.4, 0.5) is 0 Å². The molecule has 2 rings (SSSR count). The molecule has 1 aliphatic heterocycles. The standard InChI is InChI=1S/C15H23NO2S/c1-3-7-14(13-8-5-4-6-9-13)16-15(2)10-11-19(17,18)12-15/h4-6,8-9,14,16H,3,7,10-12H2,1-2H3. The highest BCUT2D eigenvalue weighted by Gasteiger charge is 2.39. The van der Waals surface area contributed by atoms with Crippen molar-refractivity contribution in [2.24, 2.45) is 0 Å². The summed E-state index contributed by atoms with van der Waals surface area (Å²) in [5, 5.41) is 3.59. The van der Waals surface area contributed by atoms with Crippen LogP contribution in [-0.4, -0.2) is 25.5 Å². The average molecular weight is 281 g/mol. The van der Waals surface area contributed by atoms with Crippen LogP contribution >= 0.6 is 0 Å². The second-order valence-electron chi connectivity index (χ2n) is 5.80. The number of benzene rings is 1. The molecule has 19 heavy (non-hydrogen) atoms. The van der Waals surface area contributed by atoms with E-state index in [0.29, 0.717) is 12.2 Å². The lowest BCUT2D eigenvalue weighted by Gasteiger charge is -2.31. The number of hydrogen-bond acceptors (Lipinski definition) is 3. The Morgan fingerprint density at radius 3 is 2.53 bits per heavy atom. The van der Waals surface area contributed by atoms with E-state index in [1.807, 2.05) is 25.1 Å². The van der Waals surface area contributed by atoms with Gasteiger partial charge in [0.2, 0.25) is 0 Å². The Labute approximate surface area is 116 Å². The number of rotatable bonds is 5. The maximum atomic E-state index is 11.7. The summed E-state index contributed by atoms with van der Waals surface area (Å²) in [6.45, 7) is 4.19. The molecular weight excluding hydrogens is 258 g/mol. The van der Waals surface area contributed by atoms with Crippen molar-refractivity contribution >= 4 is 9.84 Å². The number of nitrogens with one attached hydrogen (secondary N) is 1. The predicted octanol–water partition coefficient (Wildman–Crippen LogP) is 2.69. The Morgan fingerprint density at radius 1 is 1.32 bits per heavy atom. The Kier molecular flexibility index (Phi) is 4.31. The number of sulfone groups is 1. The van der Waals surface area contributed by atoms with Crippen LogP contribution in [0.15, 0.2) is 30.3 Å². The van der Waals surface area contributed by atoms with Crippen LogP contribution in [0.5, 0.6) is 0 Å². The van der Waals surface area contributed by atoms with Crippen molar-refractivity contribution in [3.63, 3.8) is 0 Å². The smallest absolute Gasteiger partial charge is 0.152 e. The summed E-state index contributed by atoms with van der Waals surface area (Å²) in [5.74, 6) is 0.567. The van der Waals surface area contributed by atoms with Gasteiger partial charge < -0.3 is 5.32 Å². The van der Waals surface area contributed by atoms with Gasteiger partial charge in [-0.05, 0) is 25.3 Å². The molecule has 1 saturated heterocycles. The van der Waals surface area contributed by atoms with Crippen molar-refractivity contribution in [1.29, 1.82) is 0 Å². The van der Waals surface area contributed by atoms with E-state index in [1.54, 1.807) is 0 Å². The van der Waals surface area contributed by atoms with E-state index in [1.165, 1.54) is 5.56 Å². The fourth-order valence-electron chi connectivity index (χ4n) is 2.84. The lowest BCUT2D eigenvalue weighted by molar-refractivity contribution is 0.330. The molecule has 0 aromatic heterocycles. The van der Waals surface area contributed by atoms with Gasteiger partial charge in [0.05, 0.1) is 11.5 Å². The summed E-state index contributed by atoms with van der Waals surface area (Å²) in [5.41, 5.74) is 0.962. The van der Waals surface area contributed by atoms with Crippen molar-refractivity contribution < 1.29 is 8.42 Å². The normalized spacial score (nSPS) is 27.3. The van der Waals surface area contributed by atoms with Crippen LogP contribution in [0.3, 0.4) is 0 Å². The highest BCUT2D eigenvalue weighted by molar-refractivity contribution is 7.91. The third-order valence-electron chi connectivity index (χ3n) is 3.81. The van der Waals surface area contributed by atoms with Gasteiger partial charge in [-0.1, -0.05) is 43.7 Å². The zero-order chi connectivity index (χ0) is 13.9. The van der Waals surface area contributed by atoms with E-state index >= 15 is 0 Å². The van der Waals surface area contributed by atoms with E-state index in [0.717, 1.165) is 12.8 Å². The van der Waals surface area contributed by atoms with Gasteiger partial charge in [0.1, 0.15) is 0 Å². The summed E-state index contributed by atoms with van der Waals surface area (Å²) >= 11 is 0. The van der Waals surface area contributed by atoms with Crippen molar-refractivity contribution in [3.05, 3.63) is 35.9 Å². The van der Waals surface area contributed by atoms with Gasteiger partial charge in [-0.3, -0.25) is 0 Å². The topological polar surface area (TPSA) is 46.2 Å². The molecule has 4 heteroatoms. The summed E-state index contributed by atoms with van der Waals surface area (Å²) in [7, 11) is -2.86. The van der Waals surface area contributed by atoms with Gasteiger partial charge in [-0.15, -0.1) is 0 Å². The number of hydrogen-bond donors (Lipinski definition) is 1. The Hall–Kier alpha value is -0.870. The molecule has 3 nitrogen and oxygen atoms in total. The van der Waals surface area contributed by atoms with Crippen molar-refractivity contribution in [1.82, 2.24) is 5.32 Å². The van der Waals surface area contributed by atoms with Crippen molar-refractivity contribution in [2.75, 3.05) is 11.5 Å². The van der Waals surface area contributed by atoms with Crippen LogP contribution in [0.1, 0.15) is 44.7 Å². The first-order valence-electron chi connectivity index (χ1n) is 6.97. The van der Waals surface area contributed by atoms with Gasteiger partial charge in [0.15, 0.2) is 9.84 Å². The first-order valence-corrected chi connectivity index (χ1v) is 8.79. The minimum absolute atomic E-state index is 0.240. The van der Waals surface area contributed by atoms with Crippen molar-refractivity contribution in [3.8, 4) is 0 Å². The second-order valence-corrected chi connectivity index (χ2v) is 7.98. The molecule has 0 spiro atoms. The highest BCUT2D eigenvalue weighted by Crippen LogP contribution is 2.28. The lowest BCUT2D eigenvalue weighted by Crippen LogP contribution is -2.45. The molecule has 0 saturated carbocycles. The average Bonchev–Trinajstić information content (AvgIpc) is 2.64. The maximum absolute atomic E-state index is 11.7. The highest BCUT2D eigenvalue weighted by atomic mass is 32.2. The SMILES string of the molecule is CCCC(NC1(C)CCS(=O)(=O)C1)c1ccccc1. The fourth-order valence-corrected chi connectivity index (χ4v) is 4.95. The molecule has 1 heterocycles. The molecular formula is C15H23NO2S. The minimum Gasteiger partial charge on any atom is -0.304 e. The zero-order valence-corrected chi connectivity index (χ0v) is 12.5. The molecule has 106 valence electrons. The van der Waals surface area contributed by atoms with Crippen LogP contribution in [0, 0.1) is 0 Å². The van der Waals surface area contributed by atoms with E-state index < -0.39 is 9.84 Å². The van der Waals surface area contributed by atoms with Crippen LogP contribution in [0.2, 0.25) is 0 Å². The molecule has 1 N–H and O–H groups in total. The minimum atomic E-state index is -2.86. The molecule has 1 aliphatic rings. The molecule has 0 amide bonds. The van der Waals surface area contributed by atoms with Crippen LogP contribution in [-0.2, 0) is 9.84 Å². The Morgan fingerprint density at radius 2 is 2.00 bits per heavy atom. The van der Waals surface area contributed by atoms with Gasteiger partial charge >= 0.3 is 0 Å². The van der Waals surface area contributed by atoms with Crippen molar-refractivity contribution in [2.45, 2.75) is 44.7 Å². The van der Waals surface area contributed by atoms with Gasteiger partial charge in [-0.25, -0.2) is 8.42 Å². The first-order chi connectivity index (χ1) is 8.94. The summed E-state index contributed by atoms with van der Waals surface area (Å²) < 4.78 is 23.4. The van der Waals surface area contributed by atoms with E-state index in [9.17, 15) is 8.42 Å². The van der Waals surface area contributed by atoms with Gasteiger partial charge in [0.25, 0.3) is 0 Å². The third kappa shape index (κ3) is 3.80. The van der Waals surface area contributed by atoms with Gasteiger partial charge in [-0.2, -0.15) is 0 Å². The van der Waals surface area contributed by atoms with Crippen LogP contribution < -0.4 is 5.32 Å². The Bertz CT molecular complexity index is 512. The molecule has 0 radical (unpaired) electrons. The monoisotopic (exact) mass is 281 g/mol. The van der Waals surface area contributed by atoms with E-state index in [4.69, 9.17) is 0 Å². The molecule has 2 unspecified atom stereocenters. The summed E-state index contributed by atoms with van der Waals surface area (Å²) in [4.78, 5) is 0. The molecule has 0 bridgehead atoms. The Balaban J connectivity index is 2.14. The zero-order valence-electron chi connectivity index (χ0n) is 11.7. The summed E-state index contributed by atoms with van der Waals surface area (Å²) in [6, 6.07) is 10.5. The molecule has 1 fully saturated rings. The molecule has 1 aromatic rings. The third-order valence-corrected chi connectivity index (χ3v) is 5.71. The van der Waals surface area contributed by atoms with Crippen LogP contribution in [0.25, 0.3) is 0 Å². The maximum Gasteiger partial charge on any atom is 0.152 e. The summed E-state index contributed by atoms with van der Waals surface area (Å²) in [6.07, 6.45) is 2.82. The molecule has 2 atom stereocenters. The van der Waals surface area contributed by atoms with Gasteiger partial charge in [0, 0.05) is 11.6 Å². The fraction of sp³-hybridized carbons (Fsp3) is 0.600.